The molecule has 0 saturated heterocycles. The molecule has 0 spiro atoms. The van der Waals surface area contributed by atoms with Crippen LogP contribution in [0.4, 0.5) is 0 Å². The van der Waals surface area contributed by atoms with Crippen LogP contribution in [0.2, 0.25) is 0 Å². The number of ketones is 1. The molecule has 0 aliphatic carbocycles. The zero-order chi connectivity index (χ0) is 12.6. The third-order valence-corrected chi connectivity index (χ3v) is 0.412. The molecule has 0 heterocycles. The van der Waals surface area contributed by atoms with Crippen molar-refractivity contribution in [1.29, 1.82) is 0 Å². The summed E-state index contributed by atoms with van der Waals surface area (Å²) in [5, 5.41) is 22.4. The molecule has 4 nitrogen and oxygen atoms in total. The van der Waals surface area contributed by atoms with E-state index < -0.39 is 17.6 Å². The number of rotatable bonds is 1. The number of carbonyl (C=O) groups is 1. The first-order chi connectivity index (χ1) is 6.54. The molecule has 14 heavy (non-hydrogen) atoms. The number of aliphatic hydroxyl groups is 3. The van der Waals surface area contributed by atoms with E-state index in [1.54, 1.807) is 0 Å². The zero-order valence-corrected chi connectivity index (χ0v) is 13.3. The van der Waals surface area contributed by atoms with E-state index in [1.807, 2.05) is 0 Å². The Hall–Kier alpha value is 0.450. The summed E-state index contributed by atoms with van der Waals surface area (Å²) in [5.74, 6) is -0.0625. The summed E-state index contributed by atoms with van der Waals surface area (Å²) in [4.78, 5) is 10.0. The monoisotopic (exact) mass is 415 g/mol. The summed E-state index contributed by atoms with van der Waals surface area (Å²) in [6.45, 7) is 2.85. The first-order valence-corrected chi connectivity index (χ1v) is 11.2. The quantitative estimate of drug-likeness (QED) is 0.449. The second kappa shape index (κ2) is 29.2. The second-order valence-corrected chi connectivity index (χ2v) is 6.10. The molecule has 0 aromatic heterocycles. The number of hydrogen-bond acceptors (Lipinski definition) is 4. The van der Waals surface area contributed by atoms with Gasteiger partial charge in [0.15, 0.2) is 5.78 Å². The average molecular weight is 416 g/mol. The molecular formula is C7H16Cl2O4Ta. The Balaban J connectivity index is -0.0000000603. The van der Waals surface area contributed by atoms with Crippen molar-refractivity contribution < 1.29 is 37.7 Å². The van der Waals surface area contributed by atoms with Gasteiger partial charge in [0.05, 0.1) is 5.76 Å². The van der Waals surface area contributed by atoms with Crippen molar-refractivity contribution in [2.45, 2.75) is 13.8 Å². The second-order valence-electron chi connectivity index (χ2n) is 1.46. The van der Waals surface area contributed by atoms with Crippen molar-refractivity contribution in [3.63, 3.8) is 0 Å². The van der Waals surface area contributed by atoms with Crippen molar-refractivity contribution >= 4 is 24.2 Å². The van der Waals surface area contributed by atoms with Gasteiger partial charge in [-0.2, -0.15) is 0 Å². The van der Waals surface area contributed by atoms with Gasteiger partial charge in [-0.1, -0.05) is 0 Å². The Morgan fingerprint density at radius 1 is 1.14 bits per heavy atom. The van der Waals surface area contributed by atoms with Crippen LogP contribution in [0, 0.1) is 0 Å². The fourth-order valence-corrected chi connectivity index (χ4v) is 0.294. The van der Waals surface area contributed by atoms with Crippen LogP contribution < -0.4 is 0 Å². The molecule has 0 aliphatic rings. The molecule has 0 bridgehead atoms. The van der Waals surface area contributed by atoms with Crippen LogP contribution in [0.3, 0.4) is 0 Å². The van der Waals surface area contributed by atoms with E-state index >= 15 is 0 Å². The number of carbonyl (C=O) groups excluding carboxylic acids is 1. The van der Waals surface area contributed by atoms with E-state index in [0.717, 1.165) is 14.2 Å². The molecule has 0 aromatic carbocycles. The van der Waals surface area contributed by atoms with Crippen LogP contribution in [-0.2, 0) is 22.4 Å². The average Bonchev–Trinajstić information content (AvgIpc) is 2.10. The predicted molar refractivity (Wildman–Crippen MR) is 55.1 cm³/mol. The fraction of sp³-hybridized carbons (Fsp3) is 0.571. The third-order valence-electron chi connectivity index (χ3n) is 0.412. The van der Waals surface area contributed by atoms with E-state index in [-0.39, 0.29) is 11.5 Å². The zero-order valence-electron chi connectivity index (χ0n) is 8.53. The van der Waals surface area contributed by atoms with Gasteiger partial charge in [-0.25, -0.2) is 0 Å². The molecule has 0 unspecified atom stereocenters. The molecule has 0 amide bonds. The van der Waals surface area contributed by atoms with E-state index in [1.165, 1.54) is 19.9 Å². The Morgan fingerprint density at radius 3 is 1.36 bits per heavy atom. The van der Waals surface area contributed by atoms with Gasteiger partial charge >= 0.3 is 36.0 Å². The summed E-state index contributed by atoms with van der Waals surface area (Å²) >= 11 is -0.889. The van der Waals surface area contributed by atoms with Gasteiger partial charge in [0.25, 0.3) is 0 Å². The summed E-state index contributed by atoms with van der Waals surface area (Å²) in [5.41, 5.74) is 0. The van der Waals surface area contributed by atoms with E-state index in [4.69, 9.17) is 33.7 Å². The summed E-state index contributed by atoms with van der Waals surface area (Å²) < 4.78 is 0. The molecule has 0 aromatic rings. The van der Waals surface area contributed by atoms with Gasteiger partial charge in [-0.15, -0.1) is 0 Å². The molecule has 7 heteroatoms. The Kier molecular flexibility index (Phi) is 49.9. The van der Waals surface area contributed by atoms with Crippen LogP contribution in [0.25, 0.3) is 0 Å². The number of hydrogen-bond donors (Lipinski definition) is 3. The van der Waals surface area contributed by atoms with Crippen LogP contribution >= 0.6 is 18.4 Å². The van der Waals surface area contributed by atoms with Crippen LogP contribution in [0.5, 0.6) is 0 Å². The molecule has 0 aliphatic heterocycles. The van der Waals surface area contributed by atoms with Gasteiger partial charge in [0, 0.05) is 20.3 Å². The maximum absolute atomic E-state index is 10.0. The predicted octanol–water partition coefficient (Wildman–Crippen LogP) is 1.63. The van der Waals surface area contributed by atoms with E-state index in [9.17, 15) is 4.79 Å². The van der Waals surface area contributed by atoms with Crippen LogP contribution in [-0.4, -0.2) is 35.3 Å². The van der Waals surface area contributed by atoms with Crippen molar-refractivity contribution in [3.8, 4) is 0 Å². The van der Waals surface area contributed by atoms with Crippen molar-refractivity contribution in [2.75, 3.05) is 14.2 Å². The molecule has 0 radical (unpaired) electrons. The molecule has 87 valence electrons. The molecule has 0 saturated carbocycles. The van der Waals surface area contributed by atoms with Gasteiger partial charge in [-0.3, -0.25) is 4.79 Å². The minimum atomic E-state index is -0.889. The van der Waals surface area contributed by atoms with Crippen molar-refractivity contribution in [3.05, 3.63) is 11.8 Å². The van der Waals surface area contributed by atoms with Crippen molar-refractivity contribution in [2.24, 2.45) is 0 Å². The standard InChI is InChI=1S/C5H8O2.2CH4O.2ClH.Ta/c1-4(6)3-5(2)7;2*1-2;;;/h3,6H,1-2H3;2*2H,1H3;2*1H;/q;;;;;+2/p-2/b4-3-;;;;;. The van der Waals surface area contributed by atoms with E-state index in [0.29, 0.717) is 0 Å². The Bertz CT molecular complexity index is 127. The summed E-state index contributed by atoms with van der Waals surface area (Å²) in [6, 6.07) is 0. The first kappa shape index (κ1) is 23.9. The molecule has 3 N–H and O–H groups in total. The molecule has 0 atom stereocenters. The number of allylic oxidation sites excluding steroid dienone is 2. The first-order valence-electron chi connectivity index (χ1n) is 3.24. The van der Waals surface area contributed by atoms with Gasteiger partial charge < -0.3 is 15.3 Å². The Morgan fingerprint density at radius 2 is 1.36 bits per heavy atom. The topological polar surface area (TPSA) is 77.8 Å². The number of halogens is 2. The number of aliphatic hydroxyl groups excluding tert-OH is 3. The summed E-state index contributed by atoms with van der Waals surface area (Å²) in [6.07, 6.45) is 1.17. The molecule has 0 rings (SSSR count). The summed E-state index contributed by atoms with van der Waals surface area (Å²) in [7, 11) is 11.9. The normalized spacial score (nSPS) is 7.57. The minimum absolute atomic E-state index is 0.0625. The van der Waals surface area contributed by atoms with Gasteiger partial charge in [0.2, 0.25) is 0 Å². The third kappa shape index (κ3) is 82.4. The molecule has 0 fully saturated rings. The van der Waals surface area contributed by atoms with Crippen LogP contribution in [0.1, 0.15) is 13.8 Å². The van der Waals surface area contributed by atoms with Gasteiger partial charge in [-0.05, 0) is 13.8 Å². The van der Waals surface area contributed by atoms with E-state index in [2.05, 4.69) is 0 Å². The van der Waals surface area contributed by atoms with Crippen LogP contribution in [0.15, 0.2) is 11.8 Å². The van der Waals surface area contributed by atoms with Gasteiger partial charge in [0.1, 0.15) is 0 Å². The maximum atomic E-state index is 10.0. The molecular weight excluding hydrogens is 400 g/mol. The SMILES string of the molecule is CC(=O)/C=C(/C)O.CO.CO.[Cl][Ta][Cl]. The fourth-order valence-electron chi connectivity index (χ4n) is 0.294. The van der Waals surface area contributed by atoms with Crippen molar-refractivity contribution in [1.82, 2.24) is 0 Å². The Labute approximate surface area is 102 Å².